The first-order valence-corrected chi connectivity index (χ1v) is 14.7. The Balaban J connectivity index is 0.00000576. The molecule has 1 aromatic heterocycles. The van der Waals surface area contributed by atoms with E-state index in [9.17, 15) is 29.0 Å². The molecule has 0 aliphatic carbocycles. The molecule has 1 amide bonds. The first kappa shape index (κ1) is 36.7. The van der Waals surface area contributed by atoms with Crippen LogP contribution in [-0.2, 0) is 16.0 Å². The molecule has 0 fully saturated rings. The van der Waals surface area contributed by atoms with Crippen molar-refractivity contribution in [2.24, 2.45) is 0 Å². The summed E-state index contributed by atoms with van der Waals surface area (Å²) in [5.41, 5.74) is 4.59. The van der Waals surface area contributed by atoms with Crippen molar-refractivity contribution in [1.82, 2.24) is 4.57 Å². The fourth-order valence-electron chi connectivity index (χ4n) is 5.51. The summed E-state index contributed by atoms with van der Waals surface area (Å²) in [6.45, 7) is 3.86. The van der Waals surface area contributed by atoms with Crippen LogP contribution in [0, 0.1) is 5.82 Å². The first-order valence-electron chi connectivity index (χ1n) is 14.7. The number of aliphatic hydroxyl groups is 2. The molecule has 0 aliphatic heterocycles. The van der Waals surface area contributed by atoms with E-state index in [1.165, 1.54) is 19.2 Å². The number of aliphatic hydroxyl groups excluding tert-OH is 2. The van der Waals surface area contributed by atoms with Gasteiger partial charge >= 0.3 is 41.5 Å². The molecule has 238 valence electrons. The second kappa shape index (κ2) is 16.7. The Hall–Kier alpha value is -3.80. The summed E-state index contributed by atoms with van der Waals surface area (Å²) in [6.07, 6.45) is -2.39. The zero-order valence-electron chi connectivity index (χ0n) is 25.4. The standard InChI is InChI=1S/C35H37FN2O7.Na.H/c1-21(2)38-29(18-17-27(39)19-28(40)20-30(41)42)31(23-9-13-25(36)14-10-23)32(22-7-5-4-6-8-22)33(38)34(43)37-26-15-11-24(12-16-26)35(44)45-3;;/h4-16,21,27-28,39-40H,17-20H2,1-3H3,(H,37,43)(H,41,42);;. The van der Waals surface area contributed by atoms with E-state index in [1.807, 2.05) is 48.7 Å². The van der Waals surface area contributed by atoms with E-state index in [0.717, 1.165) is 5.56 Å². The maximum absolute atomic E-state index is 14.2. The summed E-state index contributed by atoms with van der Waals surface area (Å²) < 4.78 is 20.7. The number of halogens is 1. The predicted molar refractivity (Wildman–Crippen MR) is 176 cm³/mol. The maximum atomic E-state index is 14.2. The van der Waals surface area contributed by atoms with Crippen molar-refractivity contribution in [2.45, 2.75) is 57.8 Å². The van der Waals surface area contributed by atoms with Gasteiger partial charge < -0.3 is 29.9 Å². The van der Waals surface area contributed by atoms with Crippen molar-refractivity contribution < 1.29 is 38.8 Å². The van der Waals surface area contributed by atoms with Crippen LogP contribution < -0.4 is 5.32 Å². The average Bonchev–Trinajstić information content (AvgIpc) is 3.36. The van der Waals surface area contributed by atoms with Gasteiger partial charge in [-0.05, 0) is 80.6 Å². The quantitative estimate of drug-likeness (QED) is 0.113. The number of aliphatic carboxylic acids is 1. The summed E-state index contributed by atoms with van der Waals surface area (Å²) in [5, 5.41) is 32.8. The monoisotopic (exact) mass is 640 g/mol. The number of carbonyl (C=O) groups excluding carboxylic acids is 2. The SMILES string of the molecule is COC(=O)c1ccc(NC(=O)c2c(-c3ccccc3)c(-c3ccc(F)cc3)c(CCC(O)CC(O)CC(=O)O)n2C(C)C)cc1.[NaH]. The van der Waals surface area contributed by atoms with Gasteiger partial charge in [0.2, 0.25) is 0 Å². The van der Waals surface area contributed by atoms with Crippen LogP contribution >= 0.6 is 0 Å². The Labute approximate surface area is 289 Å². The molecule has 0 spiro atoms. The van der Waals surface area contributed by atoms with Crippen LogP contribution in [0.5, 0.6) is 0 Å². The number of anilines is 1. The predicted octanol–water partition coefficient (Wildman–Crippen LogP) is 5.45. The number of hydrogen-bond donors (Lipinski definition) is 4. The van der Waals surface area contributed by atoms with Crippen molar-refractivity contribution in [2.75, 3.05) is 12.4 Å². The molecular weight excluding hydrogens is 602 g/mol. The molecule has 0 aliphatic rings. The zero-order valence-corrected chi connectivity index (χ0v) is 25.4. The van der Waals surface area contributed by atoms with Crippen molar-refractivity contribution in [3.63, 3.8) is 0 Å². The van der Waals surface area contributed by atoms with Crippen LogP contribution in [0.4, 0.5) is 10.1 Å². The molecule has 0 bridgehead atoms. The summed E-state index contributed by atoms with van der Waals surface area (Å²) in [4.78, 5) is 37.1. The number of nitrogens with one attached hydrogen (secondary N) is 1. The average molecular weight is 641 g/mol. The van der Waals surface area contributed by atoms with Crippen LogP contribution in [-0.4, -0.2) is 86.6 Å². The number of carbonyl (C=O) groups is 3. The zero-order chi connectivity index (χ0) is 32.7. The number of benzene rings is 3. The van der Waals surface area contributed by atoms with E-state index < -0.39 is 42.3 Å². The van der Waals surface area contributed by atoms with Gasteiger partial charge in [-0.1, -0.05) is 42.5 Å². The number of aromatic nitrogens is 1. The molecule has 9 nitrogen and oxygen atoms in total. The number of carboxylic acids is 1. The Morgan fingerprint density at radius 2 is 1.48 bits per heavy atom. The first-order chi connectivity index (χ1) is 21.5. The van der Waals surface area contributed by atoms with Crippen LogP contribution in [0.25, 0.3) is 22.3 Å². The van der Waals surface area contributed by atoms with Crippen LogP contribution in [0.15, 0.2) is 78.9 Å². The molecule has 2 atom stereocenters. The fraction of sp³-hybridized carbons (Fsp3) is 0.286. The van der Waals surface area contributed by atoms with E-state index in [2.05, 4.69) is 5.32 Å². The molecule has 3 aromatic carbocycles. The fourth-order valence-corrected chi connectivity index (χ4v) is 5.51. The molecule has 11 heteroatoms. The third-order valence-electron chi connectivity index (χ3n) is 7.47. The second-order valence-corrected chi connectivity index (χ2v) is 11.1. The minimum absolute atomic E-state index is 0. The van der Waals surface area contributed by atoms with Crippen molar-refractivity contribution in [3.05, 3.63) is 102 Å². The second-order valence-electron chi connectivity index (χ2n) is 11.1. The third-order valence-corrected chi connectivity index (χ3v) is 7.47. The van der Waals surface area contributed by atoms with Gasteiger partial charge in [0.05, 0.1) is 31.3 Å². The van der Waals surface area contributed by atoms with Crippen LogP contribution in [0.1, 0.15) is 65.7 Å². The number of hydrogen-bond acceptors (Lipinski definition) is 6. The van der Waals surface area contributed by atoms with Crippen LogP contribution in [0.3, 0.4) is 0 Å². The molecule has 1 heterocycles. The van der Waals surface area contributed by atoms with E-state index in [1.54, 1.807) is 36.4 Å². The van der Waals surface area contributed by atoms with E-state index >= 15 is 0 Å². The third kappa shape index (κ3) is 8.92. The Kier molecular flexibility index (Phi) is 13.3. The normalized spacial score (nSPS) is 12.2. The summed E-state index contributed by atoms with van der Waals surface area (Å²) >= 11 is 0. The molecule has 0 saturated heterocycles. The number of esters is 1. The number of rotatable bonds is 13. The number of amides is 1. The van der Waals surface area contributed by atoms with Crippen molar-refractivity contribution >= 4 is 53.1 Å². The van der Waals surface area contributed by atoms with Gasteiger partial charge in [-0.25, -0.2) is 9.18 Å². The summed E-state index contributed by atoms with van der Waals surface area (Å²) in [7, 11) is 1.29. The van der Waals surface area contributed by atoms with Crippen molar-refractivity contribution in [1.29, 1.82) is 0 Å². The molecule has 2 unspecified atom stereocenters. The molecule has 0 saturated carbocycles. The number of nitrogens with zero attached hydrogens (tertiary/aromatic N) is 1. The topological polar surface area (TPSA) is 138 Å². The van der Waals surface area contributed by atoms with Gasteiger partial charge in [0.1, 0.15) is 11.5 Å². The number of methoxy groups -OCH3 is 1. The van der Waals surface area contributed by atoms with E-state index in [0.29, 0.717) is 39.3 Å². The van der Waals surface area contributed by atoms with Gasteiger partial charge in [0, 0.05) is 28.6 Å². The minimum atomic E-state index is -1.21. The van der Waals surface area contributed by atoms with Gasteiger partial charge in [0.25, 0.3) is 5.91 Å². The van der Waals surface area contributed by atoms with Crippen molar-refractivity contribution in [3.8, 4) is 22.3 Å². The molecule has 4 rings (SSSR count). The molecule has 4 N–H and O–H groups in total. The van der Waals surface area contributed by atoms with Crippen LogP contribution in [0.2, 0.25) is 0 Å². The van der Waals surface area contributed by atoms with Gasteiger partial charge in [-0.15, -0.1) is 0 Å². The van der Waals surface area contributed by atoms with Gasteiger partial charge in [-0.2, -0.15) is 0 Å². The molecule has 46 heavy (non-hydrogen) atoms. The molecule has 4 aromatic rings. The van der Waals surface area contributed by atoms with E-state index in [4.69, 9.17) is 9.84 Å². The Morgan fingerprint density at radius 3 is 2.04 bits per heavy atom. The Bertz CT molecular complexity index is 1640. The number of carboxylic acid groups (broad SMARTS) is 1. The summed E-state index contributed by atoms with van der Waals surface area (Å²) in [5.74, 6) is -2.49. The van der Waals surface area contributed by atoms with Gasteiger partial charge in [-0.3, -0.25) is 9.59 Å². The van der Waals surface area contributed by atoms with Gasteiger partial charge in [0.15, 0.2) is 0 Å². The molecule has 0 radical (unpaired) electrons. The summed E-state index contributed by atoms with van der Waals surface area (Å²) in [6, 6.07) is 21.4. The Morgan fingerprint density at radius 1 is 0.870 bits per heavy atom. The number of ether oxygens (including phenoxy) is 1. The van der Waals surface area contributed by atoms with E-state index in [-0.39, 0.29) is 54.9 Å². The molecular formula is C35H38FN2NaO7.